The molecule has 3 rings (SSSR count). The van der Waals surface area contributed by atoms with Crippen molar-refractivity contribution in [2.45, 2.75) is 0 Å². The average molecular weight is 531 g/mol. The van der Waals surface area contributed by atoms with E-state index in [-0.39, 0.29) is 12.5 Å². The van der Waals surface area contributed by atoms with Gasteiger partial charge < -0.3 is 4.74 Å². The minimum absolute atomic E-state index is 0.174. The summed E-state index contributed by atoms with van der Waals surface area (Å²) in [5, 5.41) is 6.90. The van der Waals surface area contributed by atoms with Crippen LogP contribution in [0.1, 0.15) is 5.56 Å². The fraction of sp³-hybridized carbons (Fsp3) is 0.0526. The van der Waals surface area contributed by atoms with Gasteiger partial charge in [-0.2, -0.15) is 5.10 Å². The van der Waals surface area contributed by atoms with Crippen molar-refractivity contribution in [3.8, 4) is 5.75 Å². The maximum Gasteiger partial charge on any atom is 0.277 e. The lowest BCUT2D eigenvalue weighted by molar-refractivity contribution is -0.123. The normalized spacial score (nSPS) is 11.1. The van der Waals surface area contributed by atoms with E-state index in [1.165, 1.54) is 6.21 Å². The largest absolute Gasteiger partial charge is 0.483 e. The van der Waals surface area contributed by atoms with Gasteiger partial charge in [0.1, 0.15) is 5.75 Å². The van der Waals surface area contributed by atoms with Crippen LogP contribution in [0.5, 0.6) is 5.75 Å². The number of hydrogen-bond donors (Lipinski definition) is 1. The van der Waals surface area contributed by atoms with Crippen LogP contribution in [0.2, 0.25) is 10.0 Å². The first-order chi connectivity index (χ1) is 12.9. The highest BCUT2D eigenvalue weighted by Crippen LogP contribution is 2.34. The van der Waals surface area contributed by atoms with Gasteiger partial charge in [-0.25, -0.2) is 5.43 Å². The molecule has 138 valence electrons. The van der Waals surface area contributed by atoms with Crippen LogP contribution in [0.3, 0.4) is 0 Å². The molecule has 0 spiro atoms. The Bertz CT molecular complexity index is 1040. The number of benzene rings is 3. The van der Waals surface area contributed by atoms with Crippen LogP contribution in [0.4, 0.5) is 0 Å². The molecule has 0 saturated heterocycles. The zero-order valence-electron chi connectivity index (χ0n) is 13.7. The van der Waals surface area contributed by atoms with Crippen molar-refractivity contribution in [3.05, 3.63) is 73.1 Å². The van der Waals surface area contributed by atoms with Crippen molar-refractivity contribution in [1.82, 2.24) is 5.43 Å². The number of halogens is 4. The Balaban J connectivity index is 1.60. The third-order valence-corrected chi connectivity index (χ3v) is 5.47. The maximum atomic E-state index is 11.9. The Kier molecular flexibility index (Phi) is 6.76. The van der Waals surface area contributed by atoms with Gasteiger partial charge in [0, 0.05) is 15.1 Å². The second-order valence-electron chi connectivity index (χ2n) is 5.49. The Morgan fingerprint density at radius 1 is 1.11 bits per heavy atom. The molecule has 0 aliphatic rings. The summed E-state index contributed by atoms with van der Waals surface area (Å²) in [6.07, 6.45) is 1.44. The van der Waals surface area contributed by atoms with Crippen LogP contribution < -0.4 is 10.2 Å². The lowest BCUT2D eigenvalue weighted by Crippen LogP contribution is -2.24. The molecule has 3 aromatic rings. The highest BCUT2D eigenvalue weighted by molar-refractivity contribution is 9.11. The first-order valence-electron chi connectivity index (χ1n) is 7.71. The van der Waals surface area contributed by atoms with Crippen molar-refractivity contribution in [3.63, 3.8) is 0 Å². The van der Waals surface area contributed by atoms with E-state index in [4.69, 9.17) is 27.9 Å². The second-order valence-corrected chi connectivity index (χ2v) is 8.04. The van der Waals surface area contributed by atoms with Crippen LogP contribution in [0, 0.1) is 0 Å². The van der Waals surface area contributed by atoms with Gasteiger partial charge in [0.25, 0.3) is 5.91 Å². The molecule has 4 nitrogen and oxygen atoms in total. The maximum absolute atomic E-state index is 11.9. The summed E-state index contributed by atoms with van der Waals surface area (Å²) in [6, 6.07) is 14.7. The van der Waals surface area contributed by atoms with E-state index in [0.717, 1.165) is 19.7 Å². The van der Waals surface area contributed by atoms with Gasteiger partial charge in [0.15, 0.2) is 6.61 Å². The van der Waals surface area contributed by atoms with Gasteiger partial charge in [0.2, 0.25) is 0 Å². The van der Waals surface area contributed by atoms with Crippen LogP contribution in [0.15, 0.2) is 62.6 Å². The first-order valence-corrected chi connectivity index (χ1v) is 10.1. The predicted octanol–water partition coefficient (Wildman–Crippen LogP) is 6.20. The fourth-order valence-electron chi connectivity index (χ4n) is 2.31. The van der Waals surface area contributed by atoms with E-state index in [2.05, 4.69) is 42.4 Å². The fourth-order valence-corrected chi connectivity index (χ4v) is 3.75. The SMILES string of the molecule is O=C(COc1ccc2cc(Br)ccc2c1Br)NN=Cc1ccc(Cl)cc1Cl. The molecule has 1 amide bonds. The molecule has 0 aliphatic heterocycles. The monoisotopic (exact) mass is 528 g/mol. The van der Waals surface area contributed by atoms with Crippen molar-refractivity contribution in [2.75, 3.05) is 6.61 Å². The molecule has 0 radical (unpaired) electrons. The molecule has 0 bridgehead atoms. The Morgan fingerprint density at radius 3 is 2.70 bits per heavy atom. The van der Waals surface area contributed by atoms with E-state index < -0.39 is 0 Å². The number of carbonyl (C=O) groups excluding carboxylic acids is 1. The van der Waals surface area contributed by atoms with Gasteiger partial charge in [-0.15, -0.1) is 0 Å². The number of amides is 1. The molecule has 8 heteroatoms. The van der Waals surface area contributed by atoms with E-state index in [9.17, 15) is 4.79 Å². The van der Waals surface area contributed by atoms with Crippen LogP contribution in [-0.2, 0) is 4.79 Å². The highest BCUT2D eigenvalue weighted by atomic mass is 79.9. The van der Waals surface area contributed by atoms with E-state index in [1.54, 1.807) is 18.2 Å². The average Bonchev–Trinajstić information content (AvgIpc) is 2.63. The van der Waals surface area contributed by atoms with Crippen molar-refractivity contribution in [2.24, 2.45) is 5.10 Å². The summed E-state index contributed by atoms with van der Waals surface area (Å²) in [7, 11) is 0. The molecule has 0 heterocycles. The topological polar surface area (TPSA) is 50.7 Å². The number of nitrogens with zero attached hydrogens (tertiary/aromatic N) is 1. The minimum Gasteiger partial charge on any atom is -0.483 e. The standard InChI is InChI=1S/C19H12Br2Cl2N2O2/c20-13-3-5-15-11(7-13)2-6-17(19(15)21)27-10-18(26)25-24-9-12-1-4-14(22)8-16(12)23/h1-9H,10H2,(H,25,26). The van der Waals surface area contributed by atoms with Crippen molar-refractivity contribution in [1.29, 1.82) is 0 Å². The molecule has 0 saturated carbocycles. The van der Waals surface area contributed by atoms with Gasteiger partial charge in [-0.1, -0.05) is 57.3 Å². The smallest absolute Gasteiger partial charge is 0.277 e. The van der Waals surface area contributed by atoms with Crippen molar-refractivity contribution < 1.29 is 9.53 Å². The molecule has 3 aromatic carbocycles. The molecular formula is C19H12Br2Cl2N2O2. The number of rotatable bonds is 5. The summed E-state index contributed by atoms with van der Waals surface area (Å²) in [5.41, 5.74) is 3.04. The summed E-state index contributed by atoms with van der Waals surface area (Å²) >= 11 is 18.8. The van der Waals surface area contributed by atoms with Crippen LogP contribution in [-0.4, -0.2) is 18.7 Å². The predicted molar refractivity (Wildman–Crippen MR) is 117 cm³/mol. The van der Waals surface area contributed by atoms with Crippen LogP contribution >= 0.6 is 55.1 Å². The molecule has 0 aliphatic carbocycles. The molecule has 0 atom stereocenters. The number of hydrogen-bond acceptors (Lipinski definition) is 3. The molecule has 0 aromatic heterocycles. The first kappa shape index (κ1) is 20.1. The van der Waals surface area contributed by atoms with Gasteiger partial charge in [0.05, 0.1) is 15.7 Å². The number of ether oxygens (including phenoxy) is 1. The summed E-state index contributed by atoms with van der Waals surface area (Å²) in [5.74, 6) is 0.184. The second kappa shape index (κ2) is 9.06. The van der Waals surface area contributed by atoms with Crippen LogP contribution in [0.25, 0.3) is 10.8 Å². The highest BCUT2D eigenvalue weighted by Gasteiger charge is 2.09. The van der Waals surface area contributed by atoms with E-state index in [1.807, 2.05) is 30.3 Å². The summed E-state index contributed by atoms with van der Waals surface area (Å²) in [6.45, 7) is -0.174. The third-order valence-electron chi connectivity index (χ3n) is 3.59. The summed E-state index contributed by atoms with van der Waals surface area (Å²) in [4.78, 5) is 11.9. The Morgan fingerprint density at radius 2 is 1.93 bits per heavy atom. The lowest BCUT2D eigenvalue weighted by Gasteiger charge is -2.10. The molecule has 1 N–H and O–H groups in total. The summed E-state index contributed by atoms with van der Waals surface area (Å²) < 4.78 is 7.37. The molecule has 0 fully saturated rings. The zero-order chi connectivity index (χ0) is 19.4. The van der Waals surface area contributed by atoms with Gasteiger partial charge >= 0.3 is 0 Å². The quantitative estimate of drug-likeness (QED) is 0.315. The number of fused-ring (bicyclic) bond motifs is 1. The lowest BCUT2D eigenvalue weighted by atomic mass is 10.1. The number of carbonyl (C=O) groups is 1. The van der Waals surface area contributed by atoms with Gasteiger partial charge in [-0.3, -0.25) is 4.79 Å². The molecule has 27 heavy (non-hydrogen) atoms. The minimum atomic E-state index is -0.390. The number of hydrazone groups is 1. The third kappa shape index (κ3) is 5.23. The van der Waals surface area contributed by atoms with Gasteiger partial charge in [-0.05, 0) is 57.0 Å². The molecule has 0 unspecified atom stereocenters. The Hall–Kier alpha value is -1.60. The number of nitrogens with one attached hydrogen (secondary N) is 1. The van der Waals surface area contributed by atoms with E-state index in [0.29, 0.717) is 21.4 Å². The molecular weight excluding hydrogens is 519 g/mol. The zero-order valence-corrected chi connectivity index (χ0v) is 18.4. The Labute approximate surface area is 182 Å². The van der Waals surface area contributed by atoms with E-state index >= 15 is 0 Å². The van der Waals surface area contributed by atoms with Crippen molar-refractivity contribution >= 4 is 78.0 Å².